The molecule has 1 aliphatic rings. The van der Waals surface area contributed by atoms with Gasteiger partial charge >= 0.3 is 0 Å². The first-order valence-corrected chi connectivity index (χ1v) is 7.21. The fourth-order valence-electron chi connectivity index (χ4n) is 2.81. The van der Waals surface area contributed by atoms with Crippen molar-refractivity contribution in [2.24, 2.45) is 0 Å². The van der Waals surface area contributed by atoms with Crippen LogP contribution < -0.4 is 10.6 Å². The number of fused-ring (bicyclic) bond motifs is 1. The molecule has 0 saturated heterocycles. The van der Waals surface area contributed by atoms with Crippen LogP contribution in [-0.4, -0.2) is 17.6 Å². The maximum absolute atomic E-state index is 13.4. The number of aliphatic hydroxyl groups is 1. The zero-order valence-electron chi connectivity index (χ0n) is 12.0. The van der Waals surface area contributed by atoms with Gasteiger partial charge in [0.15, 0.2) is 0 Å². The molecule has 0 spiro atoms. The molecule has 2 aromatic rings. The first kappa shape index (κ1) is 14.5. The molecule has 3 rings (SSSR count). The highest BCUT2D eigenvalue weighted by Gasteiger charge is 2.22. The third-order valence-electron chi connectivity index (χ3n) is 3.82. The first-order valence-electron chi connectivity index (χ1n) is 7.21. The van der Waals surface area contributed by atoms with Gasteiger partial charge in [-0.25, -0.2) is 4.39 Å². The molecule has 0 aromatic heterocycles. The van der Waals surface area contributed by atoms with Gasteiger partial charge in [0.25, 0.3) is 0 Å². The quantitative estimate of drug-likeness (QED) is 0.813. The molecule has 1 atom stereocenters. The number of aliphatic hydroxyl groups excluding tert-OH is 1. The molecule has 0 heterocycles. The van der Waals surface area contributed by atoms with E-state index in [4.69, 9.17) is 5.11 Å². The molecule has 4 nitrogen and oxygen atoms in total. The first-order chi connectivity index (χ1) is 10.7. The van der Waals surface area contributed by atoms with Gasteiger partial charge in [-0.2, -0.15) is 0 Å². The highest BCUT2D eigenvalue weighted by molar-refractivity contribution is 5.91. The average Bonchev–Trinajstić information content (AvgIpc) is 2.90. The predicted molar refractivity (Wildman–Crippen MR) is 83.2 cm³/mol. The number of benzene rings is 2. The number of aryl methyl sites for hydroxylation is 1. The summed E-state index contributed by atoms with van der Waals surface area (Å²) in [5.41, 5.74) is 3.62. The van der Waals surface area contributed by atoms with Crippen LogP contribution >= 0.6 is 0 Å². The number of carbonyl (C=O) groups excluding carboxylic acids is 1. The molecule has 1 amide bonds. The highest BCUT2D eigenvalue weighted by atomic mass is 19.1. The normalized spacial score (nSPS) is 16.2. The standard InChI is InChI=1S/C17H17FN2O2/c18-12-6-4-11-5-7-16(15(11)8-12)19-13-2-1-3-14(9-13)20-17(22)10-21/h1-4,6,8-9,16,19,21H,5,7,10H2,(H,20,22)/t16-/m1/s1. The third kappa shape index (κ3) is 3.09. The van der Waals surface area contributed by atoms with Crippen molar-refractivity contribution < 1.29 is 14.3 Å². The van der Waals surface area contributed by atoms with E-state index in [0.717, 1.165) is 24.1 Å². The van der Waals surface area contributed by atoms with Crippen LogP contribution in [0.3, 0.4) is 0 Å². The Bertz CT molecular complexity index is 703. The van der Waals surface area contributed by atoms with Crippen molar-refractivity contribution in [2.75, 3.05) is 17.2 Å². The smallest absolute Gasteiger partial charge is 0.250 e. The summed E-state index contributed by atoms with van der Waals surface area (Å²) in [5, 5.41) is 14.7. The van der Waals surface area contributed by atoms with Crippen molar-refractivity contribution in [2.45, 2.75) is 18.9 Å². The van der Waals surface area contributed by atoms with E-state index < -0.39 is 12.5 Å². The van der Waals surface area contributed by atoms with Gasteiger partial charge in [0.2, 0.25) is 5.91 Å². The Morgan fingerprint density at radius 3 is 2.86 bits per heavy atom. The minimum absolute atomic E-state index is 0.0643. The Morgan fingerprint density at radius 1 is 1.23 bits per heavy atom. The number of amides is 1. The topological polar surface area (TPSA) is 61.4 Å². The van der Waals surface area contributed by atoms with Gasteiger partial charge in [0, 0.05) is 11.4 Å². The van der Waals surface area contributed by atoms with Gasteiger partial charge in [-0.15, -0.1) is 0 Å². The molecule has 114 valence electrons. The maximum atomic E-state index is 13.4. The van der Waals surface area contributed by atoms with Crippen molar-refractivity contribution in [1.29, 1.82) is 0 Å². The Hall–Kier alpha value is -2.40. The fourth-order valence-corrected chi connectivity index (χ4v) is 2.81. The van der Waals surface area contributed by atoms with E-state index in [1.807, 2.05) is 18.2 Å². The van der Waals surface area contributed by atoms with Crippen LogP contribution in [0.1, 0.15) is 23.6 Å². The summed E-state index contributed by atoms with van der Waals surface area (Å²) in [6.07, 6.45) is 1.83. The van der Waals surface area contributed by atoms with Gasteiger partial charge in [-0.3, -0.25) is 4.79 Å². The van der Waals surface area contributed by atoms with E-state index >= 15 is 0 Å². The van der Waals surface area contributed by atoms with E-state index in [9.17, 15) is 9.18 Å². The van der Waals surface area contributed by atoms with Gasteiger partial charge < -0.3 is 15.7 Å². The molecule has 22 heavy (non-hydrogen) atoms. The van der Waals surface area contributed by atoms with Crippen LogP contribution in [-0.2, 0) is 11.2 Å². The van der Waals surface area contributed by atoms with E-state index in [-0.39, 0.29) is 11.9 Å². The van der Waals surface area contributed by atoms with Crippen LogP contribution in [0.5, 0.6) is 0 Å². The monoisotopic (exact) mass is 300 g/mol. The molecule has 0 unspecified atom stereocenters. The summed E-state index contributed by atoms with van der Waals surface area (Å²) in [7, 11) is 0. The largest absolute Gasteiger partial charge is 0.387 e. The molecule has 0 fully saturated rings. The van der Waals surface area contributed by atoms with Crippen LogP contribution in [0.2, 0.25) is 0 Å². The van der Waals surface area contributed by atoms with E-state index in [1.165, 1.54) is 11.6 Å². The van der Waals surface area contributed by atoms with Gasteiger partial charge in [0.1, 0.15) is 12.4 Å². The van der Waals surface area contributed by atoms with Crippen LogP contribution in [0.15, 0.2) is 42.5 Å². The van der Waals surface area contributed by atoms with Gasteiger partial charge in [-0.1, -0.05) is 12.1 Å². The number of halogens is 1. The lowest BCUT2D eigenvalue weighted by Crippen LogP contribution is -2.15. The van der Waals surface area contributed by atoms with Crippen molar-refractivity contribution >= 4 is 17.3 Å². The minimum Gasteiger partial charge on any atom is -0.387 e. The lowest BCUT2D eigenvalue weighted by atomic mass is 10.1. The zero-order chi connectivity index (χ0) is 15.5. The Morgan fingerprint density at radius 2 is 2.05 bits per heavy atom. The number of carbonyl (C=O) groups is 1. The lowest BCUT2D eigenvalue weighted by Gasteiger charge is -2.16. The van der Waals surface area contributed by atoms with Gasteiger partial charge in [0.05, 0.1) is 6.04 Å². The lowest BCUT2D eigenvalue weighted by molar-refractivity contribution is -0.118. The Balaban J connectivity index is 1.76. The van der Waals surface area contributed by atoms with E-state index in [0.29, 0.717) is 5.69 Å². The molecule has 0 bridgehead atoms. The Kier molecular flexibility index (Phi) is 4.06. The zero-order valence-corrected chi connectivity index (χ0v) is 12.0. The molecule has 1 aliphatic carbocycles. The molecule has 5 heteroatoms. The van der Waals surface area contributed by atoms with Crippen molar-refractivity contribution in [3.05, 3.63) is 59.4 Å². The second-order valence-electron chi connectivity index (χ2n) is 5.37. The molecular weight excluding hydrogens is 283 g/mol. The summed E-state index contributed by atoms with van der Waals surface area (Å²) >= 11 is 0. The van der Waals surface area contributed by atoms with Crippen molar-refractivity contribution in [3.63, 3.8) is 0 Å². The second-order valence-corrected chi connectivity index (χ2v) is 5.37. The molecule has 0 radical (unpaired) electrons. The van der Waals surface area contributed by atoms with E-state index in [1.54, 1.807) is 18.2 Å². The number of anilines is 2. The molecule has 3 N–H and O–H groups in total. The number of nitrogens with one attached hydrogen (secondary N) is 2. The summed E-state index contributed by atoms with van der Waals surface area (Å²) in [6, 6.07) is 12.2. The summed E-state index contributed by atoms with van der Waals surface area (Å²) < 4.78 is 13.4. The second kappa shape index (κ2) is 6.15. The van der Waals surface area contributed by atoms with Crippen LogP contribution in [0, 0.1) is 5.82 Å². The number of rotatable bonds is 4. The third-order valence-corrected chi connectivity index (χ3v) is 3.82. The molecule has 0 saturated carbocycles. The van der Waals surface area contributed by atoms with Crippen LogP contribution in [0.4, 0.5) is 15.8 Å². The number of hydrogen-bond acceptors (Lipinski definition) is 3. The average molecular weight is 300 g/mol. The Labute approximate surface area is 128 Å². The molecular formula is C17H17FN2O2. The van der Waals surface area contributed by atoms with Gasteiger partial charge in [-0.05, 0) is 54.3 Å². The number of hydrogen-bond donors (Lipinski definition) is 3. The maximum Gasteiger partial charge on any atom is 0.250 e. The van der Waals surface area contributed by atoms with Crippen LogP contribution in [0.25, 0.3) is 0 Å². The van der Waals surface area contributed by atoms with E-state index in [2.05, 4.69) is 10.6 Å². The minimum atomic E-state index is -0.549. The summed E-state index contributed by atoms with van der Waals surface area (Å²) in [4.78, 5) is 11.2. The summed E-state index contributed by atoms with van der Waals surface area (Å²) in [6.45, 7) is -0.549. The van der Waals surface area contributed by atoms with Crippen molar-refractivity contribution in [3.8, 4) is 0 Å². The molecule has 0 aliphatic heterocycles. The highest BCUT2D eigenvalue weighted by Crippen LogP contribution is 2.34. The SMILES string of the molecule is O=C(CO)Nc1cccc(N[C@@H]2CCc3ccc(F)cc32)c1. The summed E-state index contributed by atoms with van der Waals surface area (Å²) in [5.74, 6) is -0.679. The molecule has 2 aromatic carbocycles. The predicted octanol–water partition coefficient (Wildman–Crippen LogP) is 2.86. The fraction of sp³-hybridized carbons (Fsp3) is 0.235. The van der Waals surface area contributed by atoms with Crippen molar-refractivity contribution in [1.82, 2.24) is 0 Å².